The quantitative estimate of drug-likeness (QED) is 0.567. The molecular formula is C19H22N2O3S. The molecule has 0 aromatic heterocycles. The topological polar surface area (TPSA) is 78.4 Å². The average molecular weight is 358 g/mol. The van der Waals surface area contributed by atoms with Crippen molar-refractivity contribution in [1.29, 1.82) is 0 Å². The largest absolute Gasteiger partial charge is 0.387 e. The normalized spacial score (nSPS) is 11.7. The van der Waals surface area contributed by atoms with Gasteiger partial charge in [-0.15, -0.1) is 11.8 Å². The van der Waals surface area contributed by atoms with Gasteiger partial charge in [-0.1, -0.05) is 18.2 Å². The molecule has 0 saturated heterocycles. The number of aryl methyl sites for hydroxylation is 2. The average Bonchev–Trinajstić information content (AvgIpc) is 2.58. The highest BCUT2D eigenvalue weighted by Gasteiger charge is 2.16. The molecule has 0 aliphatic rings. The molecule has 6 heteroatoms. The lowest BCUT2D eigenvalue weighted by Crippen LogP contribution is -2.37. The van der Waals surface area contributed by atoms with Crippen LogP contribution in [0.4, 0.5) is 5.69 Å². The summed E-state index contributed by atoms with van der Waals surface area (Å²) >= 11 is 1.61. The number of nitrogens with one attached hydrogen (secondary N) is 2. The molecule has 0 saturated carbocycles. The van der Waals surface area contributed by atoms with E-state index in [0.29, 0.717) is 11.3 Å². The highest BCUT2D eigenvalue weighted by Crippen LogP contribution is 2.18. The fraction of sp³-hybridized carbons (Fsp3) is 0.263. The number of carbonyl (C=O) groups excluding carboxylic acids is 2. The maximum atomic E-state index is 12.0. The second-order valence-electron chi connectivity index (χ2n) is 5.83. The van der Waals surface area contributed by atoms with E-state index in [1.54, 1.807) is 36.0 Å². The van der Waals surface area contributed by atoms with Crippen molar-refractivity contribution in [3.8, 4) is 0 Å². The zero-order valence-corrected chi connectivity index (χ0v) is 15.3. The molecule has 2 aromatic rings. The van der Waals surface area contributed by atoms with E-state index < -0.39 is 17.9 Å². The van der Waals surface area contributed by atoms with Crippen LogP contribution < -0.4 is 10.6 Å². The standard InChI is InChI=1S/C19H22N2O3S/c1-12-8-13(2)10-15(9-12)21-19(24)18(23)20-11-17(22)14-4-6-16(25-3)7-5-14/h4-10,17,22H,11H2,1-3H3,(H,20,23)(H,21,24). The minimum atomic E-state index is -0.867. The summed E-state index contributed by atoms with van der Waals surface area (Å²) in [5.74, 6) is -1.53. The number of rotatable bonds is 5. The van der Waals surface area contributed by atoms with Crippen LogP contribution >= 0.6 is 11.8 Å². The predicted octanol–water partition coefficient (Wildman–Crippen LogP) is 2.81. The molecule has 2 rings (SSSR count). The number of aliphatic hydroxyl groups is 1. The van der Waals surface area contributed by atoms with Gasteiger partial charge in [-0.25, -0.2) is 0 Å². The Hall–Kier alpha value is -2.31. The van der Waals surface area contributed by atoms with Gasteiger partial charge >= 0.3 is 11.8 Å². The van der Waals surface area contributed by atoms with Crippen molar-refractivity contribution >= 4 is 29.3 Å². The highest BCUT2D eigenvalue weighted by molar-refractivity contribution is 7.98. The third kappa shape index (κ3) is 5.62. The van der Waals surface area contributed by atoms with Crippen LogP contribution in [0.2, 0.25) is 0 Å². The number of hydrogen-bond donors (Lipinski definition) is 3. The summed E-state index contributed by atoms with van der Waals surface area (Å²) in [6.07, 6.45) is 1.11. The molecule has 132 valence electrons. The zero-order valence-electron chi connectivity index (χ0n) is 14.5. The Morgan fingerprint density at radius 3 is 2.20 bits per heavy atom. The van der Waals surface area contributed by atoms with Crippen LogP contribution in [0.15, 0.2) is 47.4 Å². The molecule has 0 heterocycles. The maximum Gasteiger partial charge on any atom is 0.313 e. The van der Waals surface area contributed by atoms with Crippen molar-refractivity contribution in [2.24, 2.45) is 0 Å². The van der Waals surface area contributed by atoms with Gasteiger partial charge in [-0.2, -0.15) is 0 Å². The van der Waals surface area contributed by atoms with Gasteiger partial charge < -0.3 is 15.7 Å². The number of anilines is 1. The Morgan fingerprint density at radius 1 is 1.04 bits per heavy atom. The van der Waals surface area contributed by atoms with Crippen molar-refractivity contribution in [1.82, 2.24) is 5.32 Å². The van der Waals surface area contributed by atoms with Gasteiger partial charge in [-0.3, -0.25) is 9.59 Å². The van der Waals surface area contributed by atoms with Gasteiger partial charge in [0.05, 0.1) is 6.10 Å². The van der Waals surface area contributed by atoms with Crippen LogP contribution in [-0.4, -0.2) is 29.7 Å². The molecule has 2 amide bonds. The number of thioether (sulfide) groups is 1. The predicted molar refractivity (Wildman–Crippen MR) is 101 cm³/mol. The molecule has 0 aliphatic heterocycles. The first kappa shape index (κ1) is 19.0. The van der Waals surface area contributed by atoms with Crippen LogP contribution in [0.1, 0.15) is 22.8 Å². The molecule has 25 heavy (non-hydrogen) atoms. The van der Waals surface area contributed by atoms with Gasteiger partial charge in [0.25, 0.3) is 0 Å². The summed E-state index contributed by atoms with van der Waals surface area (Å²) in [4.78, 5) is 25.0. The minimum Gasteiger partial charge on any atom is -0.387 e. The molecular weight excluding hydrogens is 336 g/mol. The first-order chi connectivity index (χ1) is 11.9. The number of aliphatic hydroxyl groups excluding tert-OH is 1. The molecule has 0 spiro atoms. The summed E-state index contributed by atoms with van der Waals surface area (Å²) in [7, 11) is 0. The SMILES string of the molecule is CSc1ccc(C(O)CNC(=O)C(=O)Nc2cc(C)cc(C)c2)cc1. The summed E-state index contributed by atoms with van der Waals surface area (Å²) < 4.78 is 0. The Bertz CT molecular complexity index is 740. The molecule has 1 atom stereocenters. The van der Waals surface area contributed by atoms with Gasteiger partial charge in [0.2, 0.25) is 0 Å². The number of carbonyl (C=O) groups is 2. The maximum absolute atomic E-state index is 12.0. The molecule has 2 aromatic carbocycles. The van der Waals surface area contributed by atoms with E-state index in [1.165, 1.54) is 0 Å². The van der Waals surface area contributed by atoms with Crippen molar-refractivity contribution in [3.05, 3.63) is 59.2 Å². The zero-order chi connectivity index (χ0) is 18.4. The molecule has 0 fully saturated rings. The third-order valence-corrected chi connectivity index (χ3v) is 4.39. The van der Waals surface area contributed by atoms with E-state index in [1.807, 2.05) is 38.3 Å². The van der Waals surface area contributed by atoms with E-state index in [2.05, 4.69) is 10.6 Å². The van der Waals surface area contributed by atoms with Crippen molar-refractivity contribution in [2.75, 3.05) is 18.1 Å². The van der Waals surface area contributed by atoms with Crippen LogP contribution in [-0.2, 0) is 9.59 Å². The molecule has 1 unspecified atom stereocenters. The molecule has 3 N–H and O–H groups in total. The summed E-state index contributed by atoms with van der Waals surface area (Å²) in [6.45, 7) is 3.81. The lowest BCUT2D eigenvalue weighted by molar-refractivity contribution is -0.136. The summed E-state index contributed by atoms with van der Waals surface area (Å²) in [5, 5.41) is 15.1. The summed E-state index contributed by atoms with van der Waals surface area (Å²) in [5.41, 5.74) is 3.26. The van der Waals surface area contributed by atoms with Crippen LogP contribution in [0.25, 0.3) is 0 Å². The van der Waals surface area contributed by atoms with Crippen LogP contribution in [0, 0.1) is 13.8 Å². The first-order valence-corrected chi connectivity index (χ1v) is 9.11. The Morgan fingerprint density at radius 2 is 1.64 bits per heavy atom. The van der Waals surface area contributed by atoms with Crippen molar-refractivity contribution in [3.63, 3.8) is 0 Å². The van der Waals surface area contributed by atoms with E-state index in [-0.39, 0.29) is 6.54 Å². The smallest absolute Gasteiger partial charge is 0.313 e. The Kier molecular flexibility index (Phi) is 6.61. The number of hydrogen-bond acceptors (Lipinski definition) is 4. The van der Waals surface area contributed by atoms with Crippen LogP contribution in [0.5, 0.6) is 0 Å². The van der Waals surface area contributed by atoms with Crippen LogP contribution in [0.3, 0.4) is 0 Å². The Labute approximate surface area is 151 Å². The van der Waals surface area contributed by atoms with Crippen molar-refractivity contribution in [2.45, 2.75) is 24.8 Å². The minimum absolute atomic E-state index is 0.0300. The van der Waals surface area contributed by atoms with Crippen molar-refractivity contribution < 1.29 is 14.7 Å². The number of amides is 2. The molecule has 5 nitrogen and oxygen atoms in total. The Balaban J connectivity index is 1.88. The van der Waals surface area contributed by atoms with Gasteiger partial charge in [0.15, 0.2) is 0 Å². The van der Waals surface area contributed by atoms with Gasteiger partial charge in [0.1, 0.15) is 0 Å². The van der Waals surface area contributed by atoms with Gasteiger partial charge in [0, 0.05) is 17.1 Å². The van der Waals surface area contributed by atoms with E-state index in [9.17, 15) is 14.7 Å². The monoisotopic (exact) mass is 358 g/mol. The lowest BCUT2D eigenvalue weighted by Gasteiger charge is -2.13. The van der Waals surface area contributed by atoms with Gasteiger partial charge in [-0.05, 0) is 61.1 Å². The molecule has 0 radical (unpaired) electrons. The van der Waals surface area contributed by atoms with E-state index >= 15 is 0 Å². The first-order valence-electron chi connectivity index (χ1n) is 7.88. The highest BCUT2D eigenvalue weighted by atomic mass is 32.2. The number of benzene rings is 2. The molecule has 0 bridgehead atoms. The van der Waals surface area contributed by atoms with E-state index in [4.69, 9.17) is 0 Å². The second kappa shape index (κ2) is 8.69. The lowest BCUT2D eigenvalue weighted by atomic mass is 10.1. The summed E-state index contributed by atoms with van der Waals surface area (Å²) in [6, 6.07) is 13.0. The fourth-order valence-corrected chi connectivity index (χ4v) is 2.86. The second-order valence-corrected chi connectivity index (χ2v) is 6.71. The fourth-order valence-electron chi connectivity index (χ4n) is 2.45. The molecule has 0 aliphatic carbocycles. The van der Waals surface area contributed by atoms with E-state index in [0.717, 1.165) is 16.0 Å². The third-order valence-electron chi connectivity index (χ3n) is 3.64.